The Morgan fingerprint density at radius 3 is 2.84 bits per heavy atom. The summed E-state index contributed by atoms with van der Waals surface area (Å²) in [6.45, 7) is 0.247. The summed E-state index contributed by atoms with van der Waals surface area (Å²) in [5, 5.41) is 4.03. The minimum Gasteiger partial charge on any atom is -0.480 e. The Kier molecular flexibility index (Phi) is 3.61. The van der Waals surface area contributed by atoms with Gasteiger partial charge in [-0.15, -0.1) is 5.10 Å². The first-order valence-corrected chi connectivity index (χ1v) is 5.61. The number of hydrogen-bond acceptors (Lipinski definition) is 4. The van der Waals surface area contributed by atoms with Crippen LogP contribution >= 0.6 is 0 Å². The molecule has 0 aliphatic rings. The van der Waals surface area contributed by atoms with Crippen LogP contribution in [0.3, 0.4) is 0 Å². The standard InChI is InChI=1S/C13H13N3O3/c1-19-11-5-6-12(17)16(15-11)8-9-3-2-4-10(7-9)13(14)18/h2-7H,8H2,1H3,(H2,14,18). The van der Waals surface area contributed by atoms with Crippen LogP contribution in [0, 0.1) is 0 Å². The summed E-state index contributed by atoms with van der Waals surface area (Å²) >= 11 is 0. The minimum atomic E-state index is -0.507. The number of ether oxygens (including phenoxy) is 1. The molecule has 1 aromatic heterocycles. The van der Waals surface area contributed by atoms with Crippen molar-refractivity contribution in [2.75, 3.05) is 7.11 Å². The molecule has 0 aliphatic heterocycles. The molecule has 0 aliphatic carbocycles. The van der Waals surface area contributed by atoms with E-state index >= 15 is 0 Å². The van der Waals surface area contributed by atoms with Crippen LogP contribution < -0.4 is 16.0 Å². The summed E-state index contributed by atoms with van der Waals surface area (Å²) < 4.78 is 6.23. The second-order valence-corrected chi connectivity index (χ2v) is 3.94. The van der Waals surface area contributed by atoms with Gasteiger partial charge >= 0.3 is 0 Å². The molecule has 2 aromatic rings. The number of primary amides is 1. The van der Waals surface area contributed by atoms with Crippen LogP contribution in [0.1, 0.15) is 15.9 Å². The number of rotatable bonds is 4. The Bertz CT molecular complexity index is 664. The third-order valence-electron chi connectivity index (χ3n) is 2.60. The molecule has 0 saturated heterocycles. The SMILES string of the molecule is COc1ccc(=O)n(Cc2cccc(C(N)=O)c2)n1. The Labute approximate surface area is 109 Å². The molecule has 0 saturated carbocycles. The molecule has 98 valence electrons. The fourth-order valence-corrected chi connectivity index (χ4v) is 1.65. The van der Waals surface area contributed by atoms with Gasteiger partial charge in [0.1, 0.15) is 0 Å². The van der Waals surface area contributed by atoms with Gasteiger partial charge in [0.05, 0.1) is 13.7 Å². The molecular formula is C13H13N3O3. The fraction of sp³-hybridized carbons (Fsp3) is 0.154. The van der Waals surface area contributed by atoms with E-state index in [2.05, 4.69) is 5.10 Å². The van der Waals surface area contributed by atoms with Gasteiger partial charge in [0.2, 0.25) is 11.8 Å². The average Bonchev–Trinajstić information content (AvgIpc) is 2.41. The lowest BCUT2D eigenvalue weighted by atomic mass is 10.1. The Balaban J connectivity index is 2.33. The number of nitrogens with two attached hydrogens (primary N) is 1. The molecule has 2 rings (SSSR count). The number of carbonyl (C=O) groups excluding carboxylic acids is 1. The summed E-state index contributed by atoms with van der Waals surface area (Å²) in [5.41, 5.74) is 6.12. The number of nitrogens with zero attached hydrogens (tertiary/aromatic N) is 2. The Hall–Kier alpha value is -2.63. The first kappa shape index (κ1) is 12.8. The van der Waals surface area contributed by atoms with E-state index in [-0.39, 0.29) is 12.1 Å². The van der Waals surface area contributed by atoms with Crippen LogP contribution in [0.2, 0.25) is 0 Å². The van der Waals surface area contributed by atoms with Crippen molar-refractivity contribution in [1.29, 1.82) is 0 Å². The number of benzene rings is 1. The van der Waals surface area contributed by atoms with E-state index in [9.17, 15) is 9.59 Å². The lowest BCUT2D eigenvalue weighted by Gasteiger charge is -2.07. The van der Waals surface area contributed by atoms with E-state index in [1.807, 2.05) is 0 Å². The summed E-state index contributed by atoms with van der Waals surface area (Å²) in [4.78, 5) is 22.8. The zero-order valence-electron chi connectivity index (χ0n) is 10.4. The maximum Gasteiger partial charge on any atom is 0.267 e. The van der Waals surface area contributed by atoms with Crippen molar-refractivity contribution in [3.63, 3.8) is 0 Å². The predicted octanol–water partition coefficient (Wildman–Crippen LogP) is 0.399. The maximum atomic E-state index is 11.7. The van der Waals surface area contributed by atoms with Crippen molar-refractivity contribution in [1.82, 2.24) is 9.78 Å². The van der Waals surface area contributed by atoms with E-state index in [0.29, 0.717) is 11.4 Å². The van der Waals surface area contributed by atoms with Crippen molar-refractivity contribution >= 4 is 5.91 Å². The molecule has 1 heterocycles. The van der Waals surface area contributed by atoms with Gasteiger partial charge < -0.3 is 10.5 Å². The van der Waals surface area contributed by atoms with Crippen molar-refractivity contribution in [2.24, 2.45) is 5.73 Å². The molecule has 0 fully saturated rings. The number of hydrogen-bond donors (Lipinski definition) is 1. The van der Waals surface area contributed by atoms with Gasteiger partial charge in [-0.1, -0.05) is 12.1 Å². The van der Waals surface area contributed by atoms with Crippen LogP contribution in [-0.2, 0) is 6.54 Å². The van der Waals surface area contributed by atoms with Crippen molar-refractivity contribution in [3.8, 4) is 5.88 Å². The molecular weight excluding hydrogens is 246 g/mol. The summed E-state index contributed by atoms with van der Waals surface area (Å²) in [6.07, 6.45) is 0. The fourth-order valence-electron chi connectivity index (χ4n) is 1.65. The van der Waals surface area contributed by atoms with Crippen LogP contribution in [-0.4, -0.2) is 22.8 Å². The first-order chi connectivity index (χ1) is 9.10. The number of methoxy groups -OCH3 is 1. The van der Waals surface area contributed by atoms with Crippen molar-refractivity contribution in [2.45, 2.75) is 6.54 Å². The lowest BCUT2D eigenvalue weighted by Crippen LogP contribution is -2.23. The largest absolute Gasteiger partial charge is 0.480 e. The van der Waals surface area contributed by atoms with Gasteiger partial charge in [0.25, 0.3) is 5.56 Å². The van der Waals surface area contributed by atoms with Gasteiger partial charge in [-0.2, -0.15) is 0 Å². The van der Waals surface area contributed by atoms with E-state index < -0.39 is 5.91 Å². The van der Waals surface area contributed by atoms with E-state index in [0.717, 1.165) is 5.56 Å². The zero-order chi connectivity index (χ0) is 13.8. The molecule has 6 heteroatoms. The minimum absolute atomic E-state index is 0.245. The quantitative estimate of drug-likeness (QED) is 0.860. The lowest BCUT2D eigenvalue weighted by molar-refractivity contribution is 0.1000. The molecule has 6 nitrogen and oxygen atoms in total. The van der Waals surface area contributed by atoms with Crippen molar-refractivity contribution < 1.29 is 9.53 Å². The summed E-state index contributed by atoms with van der Waals surface area (Å²) in [5.74, 6) is -0.154. The molecule has 2 N–H and O–H groups in total. The summed E-state index contributed by atoms with van der Waals surface area (Å²) in [7, 11) is 1.48. The average molecular weight is 259 g/mol. The third kappa shape index (κ3) is 2.98. The topological polar surface area (TPSA) is 87.2 Å². The Morgan fingerprint density at radius 1 is 1.37 bits per heavy atom. The highest BCUT2D eigenvalue weighted by molar-refractivity contribution is 5.92. The predicted molar refractivity (Wildman–Crippen MR) is 69.1 cm³/mol. The molecule has 1 aromatic carbocycles. The smallest absolute Gasteiger partial charge is 0.267 e. The molecule has 0 bridgehead atoms. The van der Waals surface area contributed by atoms with Gasteiger partial charge in [0.15, 0.2) is 0 Å². The van der Waals surface area contributed by atoms with Gasteiger partial charge in [-0.05, 0) is 17.7 Å². The van der Waals surface area contributed by atoms with E-state index in [1.165, 1.54) is 23.9 Å². The number of aromatic nitrogens is 2. The summed E-state index contributed by atoms with van der Waals surface area (Å²) in [6, 6.07) is 9.63. The van der Waals surface area contributed by atoms with Crippen molar-refractivity contribution in [3.05, 3.63) is 57.9 Å². The van der Waals surface area contributed by atoms with Gasteiger partial charge in [-0.3, -0.25) is 9.59 Å². The van der Waals surface area contributed by atoms with Crippen LogP contribution in [0.25, 0.3) is 0 Å². The first-order valence-electron chi connectivity index (χ1n) is 5.61. The van der Waals surface area contributed by atoms with Gasteiger partial charge in [0, 0.05) is 17.7 Å². The second-order valence-electron chi connectivity index (χ2n) is 3.94. The number of amides is 1. The molecule has 0 unspecified atom stereocenters. The highest BCUT2D eigenvalue weighted by Crippen LogP contribution is 2.07. The third-order valence-corrected chi connectivity index (χ3v) is 2.60. The zero-order valence-corrected chi connectivity index (χ0v) is 10.4. The highest BCUT2D eigenvalue weighted by atomic mass is 16.5. The molecule has 0 spiro atoms. The number of carbonyl (C=O) groups is 1. The Morgan fingerprint density at radius 2 is 2.16 bits per heavy atom. The van der Waals surface area contributed by atoms with Crippen LogP contribution in [0.5, 0.6) is 5.88 Å². The maximum absolute atomic E-state index is 11.7. The molecule has 0 radical (unpaired) electrons. The highest BCUT2D eigenvalue weighted by Gasteiger charge is 2.05. The van der Waals surface area contributed by atoms with Crippen LogP contribution in [0.15, 0.2) is 41.2 Å². The molecule has 1 amide bonds. The van der Waals surface area contributed by atoms with Crippen LogP contribution in [0.4, 0.5) is 0 Å². The van der Waals surface area contributed by atoms with E-state index in [4.69, 9.17) is 10.5 Å². The normalized spacial score (nSPS) is 10.2. The molecule has 0 atom stereocenters. The molecule has 19 heavy (non-hydrogen) atoms. The van der Waals surface area contributed by atoms with E-state index in [1.54, 1.807) is 24.3 Å². The second kappa shape index (κ2) is 5.34. The van der Waals surface area contributed by atoms with Gasteiger partial charge in [-0.25, -0.2) is 4.68 Å². The monoisotopic (exact) mass is 259 g/mol.